The Morgan fingerprint density at radius 2 is 1.53 bits per heavy atom. The number of benzene rings is 1. The van der Waals surface area contributed by atoms with Gasteiger partial charge in [-0.25, -0.2) is 0 Å². The van der Waals surface area contributed by atoms with E-state index in [1.54, 1.807) is 0 Å². The van der Waals surface area contributed by atoms with Crippen LogP contribution < -0.4 is 5.32 Å². The van der Waals surface area contributed by atoms with E-state index in [-0.39, 0.29) is 0 Å². The number of rotatable bonds is 6. The van der Waals surface area contributed by atoms with E-state index in [1.165, 1.54) is 22.3 Å². The Labute approximate surface area is 119 Å². The molecule has 1 nitrogen and oxygen atoms in total. The van der Waals surface area contributed by atoms with Gasteiger partial charge in [-0.3, -0.25) is 0 Å². The molecule has 1 N–H and O–H groups in total. The van der Waals surface area contributed by atoms with Gasteiger partial charge in [0.1, 0.15) is 0 Å². The first kappa shape index (κ1) is 16.2. The van der Waals surface area contributed by atoms with Gasteiger partial charge in [0.05, 0.1) is 0 Å². The van der Waals surface area contributed by atoms with Crippen LogP contribution in [0.15, 0.2) is 12.1 Å². The molecular weight excluding hydrogens is 230 g/mol. The van der Waals surface area contributed by atoms with Crippen molar-refractivity contribution in [3.8, 4) is 0 Å². The zero-order valence-corrected chi connectivity index (χ0v) is 13.8. The molecule has 0 bridgehead atoms. The van der Waals surface area contributed by atoms with Gasteiger partial charge in [-0.15, -0.1) is 0 Å². The molecule has 2 atom stereocenters. The lowest BCUT2D eigenvalue weighted by atomic mass is 9.84. The molecule has 0 spiro atoms. The lowest BCUT2D eigenvalue weighted by Gasteiger charge is -2.29. The maximum Gasteiger partial charge on any atom is 0.0136 e. The van der Waals surface area contributed by atoms with E-state index in [0.29, 0.717) is 12.0 Å². The van der Waals surface area contributed by atoms with Crippen molar-refractivity contribution < 1.29 is 0 Å². The zero-order chi connectivity index (χ0) is 14.6. The standard InChI is InChI=1S/C18H31N/c1-8-19-18(16(7)12(2)3)11-17-14(5)9-13(4)10-15(17)6/h9-10,12,16,18-19H,8,11H2,1-7H3. The third-order valence-electron chi connectivity index (χ3n) is 4.42. The number of hydrogen-bond donors (Lipinski definition) is 1. The maximum absolute atomic E-state index is 3.68. The summed E-state index contributed by atoms with van der Waals surface area (Å²) in [7, 11) is 0. The van der Waals surface area contributed by atoms with Crippen LogP contribution >= 0.6 is 0 Å². The van der Waals surface area contributed by atoms with Gasteiger partial charge in [-0.05, 0) is 62.3 Å². The molecule has 0 heterocycles. The molecule has 108 valence electrons. The van der Waals surface area contributed by atoms with Crippen molar-refractivity contribution in [2.45, 2.75) is 60.9 Å². The Hall–Kier alpha value is -0.820. The van der Waals surface area contributed by atoms with Crippen LogP contribution in [0.5, 0.6) is 0 Å². The van der Waals surface area contributed by atoms with Crippen LogP contribution in [-0.4, -0.2) is 12.6 Å². The highest BCUT2D eigenvalue weighted by molar-refractivity contribution is 5.38. The van der Waals surface area contributed by atoms with E-state index >= 15 is 0 Å². The molecule has 19 heavy (non-hydrogen) atoms. The summed E-state index contributed by atoms with van der Waals surface area (Å²) in [5.74, 6) is 1.41. The molecule has 0 saturated carbocycles. The van der Waals surface area contributed by atoms with Crippen molar-refractivity contribution in [1.82, 2.24) is 5.32 Å². The van der Waals surface area contributed by atoms with Gasteiger partial charge in [0.25, 0.3) is 0 Å². The minimum atomic E-state index is 0.574. The molecule has 1 rings (SSSR count). The lowest BCUT2D eigenvalue weighted by Crippen LogP contribution is -2.39. The van der Waals surface area contributed by atoms with E-state index in [0.717, 1.165) is 18.9 Å². The summed E-state index contributed by atoms with van der Waals surface area (Å²) >= 11 is 0. The number of hydrogen-bond acceptors (Lipinski definition) is 1. The average molecular weight is 261 g/mol. The average Bonchev–Trinajstić information content (AvgIpc) is 2.31. The van der Waals surface area contributed by atoms with Crippen molar-refractivity contribution in [1.29, 1.82) is 0 Å². The van der Waals surface area contributed by atoms with Crippen molar-refractivity contribution >= 4 is 0 Å². The van der Waals surface area contributed by atoms with E-state index in [4.69, 9.17) is 0 Å². The minimum Gasteiger partial charge on any atom is -0.314 e. The monoisotopic (exact) mass is 261 g/mol. The lowest BCUT2D eigenvalue weighted by molar-refractivity contribution is 0.300. The molecule has 0 fully saturated rings. The molecule has 1 aromatic rings. The molecule has 1 heteroatoms. The molecule has 0 radical (unpaired) electrons. The van der Waals surface area contributed by atoms with E-state index < -0.39 is 0 Å². The van der Waals surface area contributed by atoms with Crippen LogP contribution in [0.25, 0.3) is 0 Å². The number of aryl methyl sites for hydroxylation is 3. The van der Waals surface area contributed by atoms with E-state index in [1.807, 2.05) is 0 Å². The Morgan fingerprint density at radius 3 is 1.95 bits per heavy atom. The second-order valence-electron chi connectivity index (χ2n) is 6.35. The number of nitrogens with one attached hydrogen (secondary N) is 1. The van der Waals surface area contributed by atoms with Gasteiger partial charge in [-0.2, -0.15) is 0 Å². The molecule has 1 aromatic carbocycles. The molecule has 0 aliphatic rings. The largest absolute Gasteiger partial charge is 0.314 e. The van der Waals surface area contributed by atoms with Gasteiger partial charge < -0.3 is 5.32 Å². The van der Waals surface area contributed by atoms with Crippen LogP contribution in [0, 0.1) is 32.6 Å². The zero-order valence-electron chi connectivity index (χ0n) is 13.8. The smallest absolute Gasteiger partial charge is 0.0136 e. The van der Waals surface area contributed by atoms with Crippen molar-refractivity contribution in [3.63, 3.8) is 0 Å². The van der Waals surface area contributed by atoms with Gasteiger partial charge >= 0.3 is 0 Å². The van der Waals surface area contributed by atoms with Crippen LogP contribution in [0.4, 0.5) is 0 Å². The first-order chi connectivity index (χ1) is 8.86. The second kappa shape index (κ2) is 7.09. The van der Waals surface area contributed by atoms with Gasteiger partial charge in [0, 0.05) is 6.04 Å². The normalized spacial score (nSPS) is 14.7. The predicted octanol–water partition coefficient (Wildman–Crippen LogP) is 4.42. The first-order valence-corrected chi connectivity index (χ1v) is 7.66. The first-order valence-electron chi connectivity index (χ1n) is 7.66. The summed E-state index contributed by atoms with van der Waals surface area (Å²) in [5.41, 5.74) is 5.78. The highest BCUT2D eigenvalue weighted by Gasteiger charge is 2.21. The van der Waals surface area contributed by atoms with E-state index in [9.17, 15) is 0 Å². The Kier molecular flexibility index (Phi) is 6.06. The molecule has 0 saturated heterocycles. The molecular formula is C18H31N. The number of likely N-dealkylation sites (N-methyl/N-ethyl adjacent to an activating group) is 1. The van der Waals surface area contributed by atoms with E-state index in [2.05, 4.69) is 65.9 Å². The van der Waals surface area contributed by atoms with Crippen molar-refractivity contribution in [2.75, 3.05) is 6.54 Å². The van der Waals surface area contributed by atoms with Crippen LogP contribution in [0.2, 0.25) is 0 Å². The second-order valence-corrected chi connectivity index (χ2v) is 6.35. The van der Waals surface area contributed by atoms with Gasteiger partial charge in [0.15, 0.2) is 0 Å². The third-order valence-corrected chi connectivity index (χ3v) is 4.42. The summed E-state index contributed by atoms with van der Waals surface area (Å²) in [5, 5.41) is 3.68. The fourth-order valence-corrected chi connectivity index (χ4v) is 2.92. The van der Waals surface area contributed by atoms with Gasteiger partial charge in [-0.1, -0.05) is 45.4 Å². The summed E-state index contributed by atoms with van der Waals surface area (Å²) in [4.78, 5) is 0. The predicted molar refractivity (Wildman–Crippen MR) is 85.8 cm³/mol. The Bertz CT molecular complexity index is 383. The third kappa shape index (κ3) is 4.35. The quantitative estimate of drug-likeness (QED) is 0.799. The molecule has 0 aromatic heterocycles. The summed E-state index contributed by atoms with van der Waals surface area (Å²) in [6.07, 6.45) is 1.14. The summed E-state index contributed by atoms with van der Waals surface area (Å²) < 4.78 is 0. The van der Waals surface area contributed by atoms with Crippen molar-refractivity contribution in [2.24, 2.45) is 11.8 Å². The topological polar surface area (TPSA) is 12.0 Å². The molecule has 0 aliphatic carbocycles. The SMILES string of the molecule is CCNC(Cc1c(C)cc(C)cc1C)C(C)C(C)C. The Morgan fingerprint density at radius 1 is 1.00 bits per heavy atom. The highest BCUT2D eigenvalue weighted by Crippen LogP contribution is 2.23. The minimum absolute atomic E-state index is 0.574. The fraction of sp³-hybridized carbons (Fsp3) is 0.667. The maximum atomic E-state index is 3.68. The molecule has 0 aliphatic heterocycles. The van der Waals surface area contributed by atoms with Gasteiger partial charge in [0.2, 0.25) is 0 Å². The van der Waals surface area contributed by atoms with Crippen LogP contribution in [-0.2, 0) is 6.42 Å². The molecule has 0 amide bonds. The van der Waals surface area contributed by atoms with Crippen LogP contribution in [0.3, 0.4) is 0 Å². The fourth-order valence-electron chi connectivity index (χ4n) is 2.92. The van der Waals surface area contributed by atoms with Crippen molar-refractivity contribution in [3.05, 3.63) is 34.4 Å². The summed E-state index contributed by atoms with van der Waals surface area (Å²) in [6.45, 7) is 16.9. The highest BCUT2D eigenvalue weighted by atomic mass is 14.9. The Balaban J connectivity index is 2.96. The van der Waals surface area contributed by atoms with Crippen LogP contribution in [0.1, 0.15) is 49.9 Å². The molecule has 2 unspecified atom stereocenters. The summed E-state index contributed by atoms with van der Waals surface area (Å²) in [6, 6.07) is 5.20.